The average molecular weight is 241 g/mol. The Hall–Kier alpha value is -1.96. The van der Waals surface area contributed by atoms with E-state index in [4.69, 9.17) is 10.5 Å². The summed E-state index contributed by atoms with van der Waals surface area (Å²) in [6.45, 7) is 2.87. The molecule has 0 unspecified atom stereocenters. The Morgan fingerprint density at radius 2 is 1.78 bits per heavy atom. The Labute approximate surface area is 108 Å². The highest BCUT2D eigenvalue weighted by atomic mass is 16.5. The molecule has 2 nitrogen and oxygen atoms in total. The van der Waals surface area contributed by atoms with E-state index in [0.717, 1.165) is 30.8 Å². The molecular formula is C16H19NO. The van der Waals surface area contributed by atoms with Crippen molar-refractivity contribution in [3.05, 3.63) is 48.5 Å². The van der Waals surface area contributed by atoms with Crippen molar-refractivity contribution in [2.24, 2.45) is 0 Å². The van der Waals surface area contributed by atoms with Gasteiger partial charge in [-0.05, 0) is 29.7 Å². The van der Waals surface area contributed by atoms with Crippen molar-refractivity contribution >= 4 is 5.69 Å². The molecule has 0 aliphatic heterocycles. The first-order valence-electron chi connectivity index (χ1n) is 6.39. The van der Waals surface area contributed by atoms with Gasteiger partial charge in [-0.25, -0.2) is 0 Å². The molecule has 0 saturated heterocycles. The standard InChI is InChI=1S/C16H19NO/c1-2-3-11-18-16-10-9-14(12-15(16)17)13-7-5-4-6-8-13/h4-10,12H,2-3,11,17H2,1H3. The number of hydrogen-bond donors (Lipinski definition) is 1. The molecular weight excluding hydrogens is 222 g/mol. The van der Waals surface area contributed by atoms with Crippen LogP contribution in [0.15, 0.2) is 48.5 Å². The average Bonchev–Trinajstić information content (AvgIpc) is 2.42. The minimum absolute atomic E-state index is 0.701. The lowest BCUT2D eigenvalue weighted by atomic mass is 10.1. The van der Waals surface area contributed by atoms with Gasteiger partial charge < -0.3 is 10.5 Å². The van der Waals surface area contributed by atoms with E-state index in [1.165, 1.54) is 5.56 Å². The summed E-state index contributed by atoms with van der Waals surface area (Å²) in [7, 11) is 0. The van der Waals surface area contributed by atoms with Gasteiger partial charge in [0.2, 0.25) is 0 Å². The van der Waals surface area contributed by atoms with Crippen LogP contribution >= 0.6 is 0 Å². The molecule has 0 spiro atoms. The van der Waals surface area contributed by atoms with Crippen LogP contribution in [0.1, 0.15) is 19.8 Å². The third kappa shape index (κ3) is 3.04. The van der Waals surface area contributed by atoms with Crippen LogP contribution in [0.25, 0.3) is 11.1 Å². The van der Waals surface area contributed by atoms with E-state index < -0.39 is 0 Å². The van der Waals surface area contributed by atoms with E-state index in [2.05, 4.69) is 19.1 Å². The van der Waals surface area contributed by atoms with Crippen LogP contribution in [0.4, 0.5) is 5.69 Å². The number of unbranched alkanes of at least 4 members (excludes halogenated alkanes) is 1. The van der Waals surface area contributed by atoms with Crippen LogP contribution < -0.4 is 10.5 Å². The normalized spacial score (nSPS) is 10.3. The zero-order valence-electron chi connectivity index (χ0n) is 10.7. The largest absolute Gasteiger partial charge is 0.491 e. The van der Waals surface area contributed by atoms with Crippen molar-refractivity contribution in [1.29, 1.82) is 0 Å². The van der Waals surface area contributed by atoms with Gasteiger partial charge in [0.05, 0.1) is 12.3 Å². The van der Waals surface area contributed by atoms with Gasteiger partial charge in [0.25, 0.3) is 0 Å². The van der Waals surface area contributed by atoms with Crippen molar-refractivity contribution in [2.45, 2.75) is 19.8 Å². The van der Waals surface area contributed by atoms with E-state index in [9.17, 15) is 0 Å². The van der Waals surface area contributed by atoms with Gasteiger partial charge in [0.1, 0.15) is 5.75 Å². The summed E-state index contributed by atoms with van der Waals surface area (Å²) in [6, 6.07) is 16.2. The van der Waals surface area contributed by atoms with Crippen LogP contribution in [0.3, 0.4) is 0 Å². The van der Waals surface area contributed by atoms with Gasteiger partial charge >= 0.3 is 0 Å². The Morgan fingerprint density at radius 3 is 2.44 bits per heavy atom. The van der Waals surface area contributed by atoms with Gasteiger partial charge in [-0.3, -0.25) is 0 Å². The zero-order chi connectivity index (χ0) is 12.8. The number of benzene rings is 2. The molecule has 0 aliphatic rings. The minimum Gasteiger partial charge on any atom is -0.491 e. The first-order chi connectivity index (χ1) is 8.81. The predicted octanol–water partition coefficient (Wildman–Crippen LogP) is 4.11. The fourth-order valence-electron chi connectivity index (χ4n) is 1.82. The summed E-state index contributed by atoms with van der Waals surface area (Å²) in [5.74, 6) is 0.781. The van der Waals surface area contributed by atoms with E-state index in [0.29, 0.717) is 5.69 Å². The van der Waals surface area contributed by atoms with Crippen LogP contribution in [0.2, 0.25) is 0 Å². The molecule has 2 N–H and O–H groups in total. The molecule has 0 saturated carbocycles. The van der Waals surface area contributed by atoms with Gasteiger partial charge in [-0.15, -0.1) is 0 Å². The van der Waals surface area contributed by atoms with Crippen molar-refractivity contribution in [1.82, 2.24) is 0 Å². The predicted molar refractivity (Wildman–Crippen MR) is 76.7 cm³/mol. The highest BCUT2D eigenvalue weighted by Gasteiger charge is 2.03. The lowest BCUT2D eigenvalue weighted by Gasteiger charge is -2.10. The maximum Gasteiger partial charge on any atom is 0.142 e. The summed E-state index contributed by atoms with van der Waals surface area (Å²) in [5.41, 5.74) is 9.01. The lowest BCUT2D eigenvalue weighted by Crippen LogP contribution is -1.99. The van der Waals surface area contributed by atoms with E-state index in [1.54, 1.807) is 0 Å². The molecule has 94 valence electrons. The molecule has 2 aromatic carbocycles. The quantitative estimate of drug-likeness (QED) is 0.631. The van der Waals surface area contributed by atoms with Gasteiger partial charge in [-0.2, -0.15) is 0 Å². The van der Waals surface area contributed by atoms with Crippen molar-refractivity contribution in [3.63, 3.8) is 0 Å². The first kappa shape index (κ1) is 12.5. The third-order valence-electron chi connectivity index (χ3n) is 2.87. The number of nitrogen functional groups attached to an aromatic ring is 1. The highest BCUT2D eigenvalue weighted by molar-refractivity contribution is 5.70. The topological polar surface area (TPSA) is 35.2 Å². The smallest absolute Gasteiger partial charge is 0.142 e. The summed E-state index contributed by atoms with van der Waals surface area (Å²) < 4.78 is 5.64. The second-order valence-electron chi connectivity index (χ2n) is 4.32. The highest BCUT2D eigenvalue weighted by Crippen LogP contribution is 2.28. The Balaban J connectivity index is 2.15. The van der Waals surface area contributed by atoms with Crippen molar-refractivity contribution < 1.29 is 4.74 Å². The van der Waals surface area contributed by atoms with E-state index >= 15 is 0 Å². The molecule has 2 aromatic rings. The van der Waals surface area contributed by atoms with Gasteiger partial charge in [0, 0.05) is 0 Å². The molecule has 0 aromatic heterocycles. The lowest BCUT2D eigenvalue weighted by molar-refractivity contribution is 0.311. The fourth-order valence-corrected chi connectivity index (χ4v) is 1.82. The maximum absolute atomic E-state index is 6.02. The third-order valence-corrected chi connectivity index (χ3v) is 2.87. The first-order valence-corrected chi connectivity index (χ1v) is 6.39. The molecule has 2 rings (SSSR count). The summed E-state index contributed by atoms with van der Waals surface area (Å²) >= 11 is 0. The number of hydrogen-bond acceptors (Lipinski definition) is 2. The zero-order valence-corrected chi connectivity index (χ0v) is 10.7. The number of nitrogens with two attached hydrogens (primary N) is 1. The van der Waals surface area contributed by atoms with Crippen molar-refractivity contribution in [3.8, 4) is 16.9 Å². The Bertz CT molecular complexity index is 494. The molecule has 0 bridgehead atoms. The van der Waals surface area contributed by atoms with Gasteiger partial charge in [0.15, 0.2) is 0 Å². The molecule has 0 atom stereocenters. The van der Waals surface area contributed by atoms with Crippen LogP contribution in [0.5, 0.6) is 5.75 Å². The second kappa shape index (κ2) is 6.10. The van der Waals surface area contributed by atoms with Crippen LogP contribution in [-0.4, -0.2) is 6.61 Å². The van der Waals surface area contributed by atoms with E-state index in [1.807, 2.05) is 36.4 Å². The molecule has 0 amide bonds. The summed E-state index contributed by atoms with van der Waals surface area (Å²) in [5, 5.41) is 0. The van der Waals surface area contributed by atoms with Gasteiger partial charge in [-0.1, -0.05) is 49.7 Å². The Morgan fingerprint density at radius 1 is 1.00 bits per heavy atom. The second-order valence-corrected chi connectivity index (χ2v) is 4.32. The minimum atomic E-state index is 0.701. The maximum atomic E-state index is 6.02. The molecule has 0 fully saturated rings. The molecule has 2 heteroatoms. The molecule has 0 heterocycles. The van der Waals surface area contributed by atoms with Crippen LogP contribution in [0, 0.1) is 0 Å². The Kier molecular flexibility index (Phi) is 4.24. The molecule has 0 radical (unpaired) electrons. The summed E-state index contributed by atoms with van der Waals surface area (Å²) in [6.07, 6.45) is 2.18. The number of anilines is 1. The van der Waals surface area contributed by atoms with E-state index in [-0.39, 0.29) is 0 Å². The van der Waals surface area contributed by atoms with Crippen LogP contribution in [-0.2, 0) is 0 Å². The van der Waals surface area contributed by atoms with Crippen molar-refractivity contribution in [2.75, 3.05) is 12.3 Å². The number of rotatable bonds is 5. The fraction of sp³-hybridized carbons (Fsp3) is 0.250. The number of ether oxygens (including phenoxy) is 1. The summed E-state index contributed by atoms with van der Waals surface area (Å²) in [4.78, 5) is 0. The SMILES string of the molecule is CCCCOc1ccc(-c2ccccc2)cc1N. The monoisotopic (exact) mass is 241 g/mol. The molecule has 0 aliphatic carbocycles. The molecule has 18 heavy (non-hydrogen) atoms.